The third-order valence-corrected chi connectivity index (χ3v) is 4.83. The van der Waals surface area contributed by atoms with Crippen molar-refractivity contribution in [3.63, 3.8) is 0 Å². The molecule has 0 N–H and O–H groups in total. The van der Waals surface area contributed by atoms with Crippen molar-refractivity contribution in [1.29, 1.82) is 0 Å². The number of ether oxygens (including phenoxy) is 4. The van der Waals surface area contributed by atoms with E-state index in [1.807, 2.05) is 6.07 Å². The van der Waals surface area contributed by atoms with Crippen LogP contribution in [0.2, 0.25) is 0 Å². The first-order chi connectivity index (χ1) is 15.1. The van der Waals surface area contributed by atoms with Crippen molar-refractivity contribution in [1.82, 2.24) is 0 Å². The molecule has 0 aliphatic carbocycles. The predicted molar refractivity (Wildman–Crippen MR) is 115 cm³/mol. The summed E-state index contributed by atoms with van der Waals surface area (Å²) in [6.07, 6.45) is 1.61. The average molecular weight is 416 g/mol. The number of ketones is 2. The molecule has 0 spiro atoms. The van der Waals surface area contributed by atoms with Crippen molar-refractivity contribution >= 4 is 17.6 Å². The molecule has 0 fully saturated rings. The molecule has 1 aliphatic heterocycles. The number of fused-ring (bicyclic) bond motifs is 1. The minimum Gasteiger partial charge on any atom is -0.493 e. The maximum atomic E-state index is 12.8. The van der Waals surface area contributed by atoms with Crippen LogP contribution in [0.25, 0.3) is 6.08 Å². The number of rotatable bonds is 7. The largest absolute Gasteiger partial charge is 0.493 e. The van der Waals surface area contributed by atoms with Crippen LogP contribution >= 0.6 is 0 Å². The molecule has 0 bridgehead atoms. The molecule has 0 amide bonds. The molecule has 4 rings (SSSR count). The summed E-state index contributed by atoms with van der Waals surface area (Å²) in [4.78, 5) is 25.0. The third-order valence-electron chi connectivity index (χ3n) is 4.83. The number of methoxy groups -OCH3 is 2. The van der Waals surface area contributed by atoms with Gasteiger partial charge in [0.2, 0.25) is 5.78 Å². The topological polar surface area (TPSA) is 71.1 Å². The number of benzene rings is 3. The van der Waals surface area contributed by atoms with Gasteiger partial charge in [0.1, 0.15) is 11.5 Å². The Morgan fingerprint density at radius 2 is 1.77 bits per heavy atom. The van der Waals surface area contributed by atoms with Crippen LogP contribution in [0, 0.1) is 0 Å². The number of Topliss-reactive ketones (excluding diaryl/α,β-unsaturated/α-hetero) is 2. The van der Waals surface area contributed by atoms with Gasteiger partial charge in [-0.25, -0.2) is 0 Å². The predicted octanol–water partition coefficient (Wildman–Crippen LogP) is 4.58. The minimum absolute atomic E-state index is 0.111. The van der Waals surface area contributed by atoms with Gasteiger partial charge in [-0.2, -0.15) is 0 Å². The second-order valence-electron chi connectivity index (χ2n) is 6.76. The van der Waals surface area contributed by atoms with E-state index in [1.54, 1.807) is 73.8 Å². The lowest BCUT2D eigenvalue weighted by molar-refractivity contribution is 0.0921. The average Bonchev–Trinajstić information content (AvgIpc) is 3.12. The molecule has 1 heterocycles. The van der Waals surface area contributed by atoms with Crippen LogP contribution in [0.3, 0.4) is 0 Å². The quantitative estimate of drug-likeness (QED) is 0.415. The van der Waals surface area contributed by atoms with E-state index in [1.165, 1.54) is 7.11 Å². The monoisotopic (exact) mass is 416 g/mol. The number of carbonyl (C=O) groups is 2. The summed E-state index contributed by atoms with van der Waals surface area (Å²) in [7, 11) is 3.08. The van der Waals surface area contributed by atoms with Gasteiger partial charge in [0, 0.05) is 17.2 Å². The van der Waals surface area contributed by atoms with E-state index in [0.29, 0.717) is 39.7 Å². The van der Waals surface area contributed by atoms with E-state index in [-0.39, 0.29) is 23.9 Å². The van der Waals surface area contributed by atoms with Crippen molar-refractivity contribution in [2.24, 2.45) is 0 Å². The normalized spacial score (nSPS) is 13.5. The van der Waals surface area contributed by atoms with E-state index in [2.05, 4.69) is 0 Å². The van der Waals surface area contributed by atoms with Gasteiger partial charge in [-0.15, -0.1) is 0 Å². The summed E-state index contributed by atoms with van der Waals surface area (Å²) >= 11 is 0. The molecule has 0 radical (unpaired) electrons. The lowest BCUT2D eigenvalue weighted by atomic mass is 10.1. The van der Waals surface area contributed by atoms with Crippen molar-refractivity contribution < 1.29 is 28.5 Å². The number of hydrogen-bond donors (Lipinski definition) is 0. The molecule has 0 saturated carbocycles. The van der Waals surface area contributed by atoms with Gasteiger partial charge < -0.3 is 18.9 Å². The summed E-state index contributed by atoms with van der Waals surface area (Å²) in [5.41, 5.74) is 1.66. The highest BCUT2D eigenvalue weighted by atomic mass is 16.5. The molecule has 6 nitrogen and oxygen atoms in total. The van der Waals surface area contributed by atoms with Gasteiger partial charge in [0.05, 0.1) is 19.8 Å². The molecule has 3 aromatic rings. The van der Waals surface area contributed by atoms with Crippen LogP contribution < -0.4 is 18.9 Å². The zero-order valence-corrected chi connectivity index (χ0v) is 17.1. The standard InChI is InChI=1S/C25H20O6/c1-28-21-10-6-9-17(25(21)29-2)13-23-24(27)19-12-11-18(14-22(19)31-23)30-15-20(26)16-7-4-3-5-8-16/h3-14H,15H2,1-2H3/b23-13+. The molecule has 31 heavy (non-hydrogen) atoms. The molecular formula is C25H20O6. The fourth-order valence-electron chi connectivity index (χ4n) is 3.28. The Morgan fingerprint density at radius 1 is 0.968 bits per heavy atom. The lowest BCUT2D eigenvalue weighted by Crippen LogP contribution is -2.11. The Balaban J connectivity index is 1.52. The first kappa shape index (κ1) is 20.2. The smallest absolute Gasteiger partial charge is 0.231 e. The van der Waals surface area contributed by atoms with Crippen LogP contribution in [0.4, 0.5) is 0 Å². The van der Waals surface area contributed by atoms with Crippen molar-refractivity contribution in [3.05, 3.63) is 89.2 Å². The van der Waals surface area contributed by atoms with Gasteiger partial charge in [-0.05, 0) is 24.3 Å². The fourth-order valence-corrected chi connectivity index (χ4v) is 3.28. The van der Waals surface area contributed by atoms with Gasteiger partial charge in [0.15, 0.2) is 29.6 Å². The summed E-state index contributed by atoms with van der Waals surface area (Å²) < 4.78 is 22.1. The maximum Gasteiger partial charge on any atom is 0.231 e. The highest BCUT2D eigenvalue weighted by molar-refractivity contribution is 6.14. The Hall–Kier alpha value is -4.06. The number of carbonyl (C=O) groups excluding carboxylic acids is 2. The molecule has 3 aromatic carbocycles. The van der Waals surface area contributed by atoms with Crippen molar-refractivity contribution in [2.75, 3.05) is 20.8 Å². The molecule has 0 unspecified atom stereocenters. The van der Waals surface area contributed by atoms with Crippen LogP contribution in [0.5, 0.6) is 23.0 Å². The fraction of sp³-hybridized carbons (Fsp3) is 0.120. The van der Waals surface area contributed by atoms with Gasteiger partial charge in [0.25, 0.3) is 0 Å². The summed E-state index contributed by atoms with van der Waals surface area (Å²) in [5.74, 6) is 1.67. The minimum atomic E-state index is -0.244. The number of para-hydroxylation sites is 1. The summed E-state index contributed by atoms with van der Waals surface area (Å²) in [6.45, 7) is -0.111. The second kappa shape index (κ2) is 8.75. The summed E-state index contributed by atoms with van der Waals surface area (Å²) in [6, 6.07) is 19.2. The molecule has 0 aromatic heterocycles. The Morgan fingerprint density at radius 3 is 2.52 bits per heavy atom. The first-order valence-corrected chi connectivity index (χ1v) is 9.61. The molecule has 0 atom stereocenters. The van der Waals surface area contributed by atoms with Crippen molar-refractivity contribution in [2.45, 2.75) is 0 Å². The van der Waals surface area contributed by atoms with E-state index in [0.717, 1.165) is 0 Å². The van der Waals surface area contributed by atoms with E-state index in [9.17, 15) is 9.59 Å². The summed E-state index contributed by atoms with van der Waals surface area (Å²) in [5, 5.41) is 0. The SMILES string of the molecule is COc1cccc(/C=C2/Oc3cc(OCC(=O)c4ccccc4)ccc3C2=O)c1OC. The van der Waals surface area contributed by atoms with E-state index < -0.39 is 0 Å². The number of hydrogen-bond acceptors (Lipinski definition) is 6. The van der Waals surface area contributed by atoms with Crippen LogP contribution in [-0.4, -0.2) is 32.4 Å². The highest BCUT2D eigenvalue weighted by Crippen LogP contribution is 2.37. The Kier molecular flexibility index (Phi) is 5.71. The van der Waals surface area contributed by atoms with Gasteiger partial charge >= 0.3 is 0 Å². The maximum absolute atomic E-state index is 12.8. The Labute approximate surface area is 179 Å². The second-order valence-corrected chi connectivity index (χ2v) is 6.76. The molecule has 6 heteroatoms. The zero-order chi connectivity index (χ0) is 21.8. The van der Waals surface area contributed by atoms with Crippen LogP contribution in [0.15, 0.2) is 72.5 Å². The number of allylic oxidation sites excluding steroid dienone is 1. The Bertz CT molecular complexity index is 1160. The van der Waals surface area contributed by atoms with E-state index in [4.69, 9.17) is 18.9 Å². The van der Waals surface area contributed by atoms with E-state index >= 15 is 0 Å². The highest BCUT2D eigenvalue weighted by Gasteiger charge is 2.28. The molecule has 0 saturated heterocycles. The van der Waals surface area contributed by atoms with Gasteiger partial charge in [-0.1, -0.05) is 42.5 Å². The zero-order valence-electron chi connectivity index (χ0n) is 17.1. The third kappa shape index (κ3) is 4.14. The molecule has 156 valence electrons. The van der Waals surface area contributed by atoms with Crippen LogP contribution in [0.1, 0.15) is 26.3 Å². The molecular weight excluding hydrogens is 396 g/mol. The molecule has 1 aliphatic rings. The lowest BCUT2D eigenvalue weighted by Gasteiger charge is -2.10. The first-order valence-electron chi connectivity index (χ1n) is 9.61. The van der Waals surface area contributed by atoms with Crippen molar-refractivity contribution in [3.8, 4) is 23.0 Å². The van der Waals surface area contributed by atoms with Crippen LogP contribution in [-0.2, 0) is 0 Å². The van der Waals surface area contributed by atoms with Gasteiger partial charge in [-0.3, -0.25) is 9.59 Å².